The first-order valence-electron chi connectivity index (χ1n) is 6.74. The summed E-state index contributed by atoms with van der Waals surface area (Å²) in [6, 6.07) is 6.65. The van der Waals surface area contributed by atoms with Gasteiger partial charge in [-0.15, -0.1) is 11.3 Å². The molecule has 2 aromatic rings. The second kappa shape index (κ2) is 7.79. The molecule has 0 aliphatic rings. The molecule has 0 aliphatic carbocycles. The summed E-state index contributed by atoms with van der Waals surface area (Å²) >= 11 is 13.2. The number of nitrogens with one attached hydrogen (secondary N) is 2. The summed E-state index contributed by atoms with van der Waals surface area (Å²) in [7, 11) is 0. The van der Waals surface area contributed by atoms with Crippen molar-refractivity contribution in [1.82, 2.24) is 5.32 Å². The van der Waals surface area contributed by atoms with Crippen molar-refractivity contribution in [3.8, 4) is 0 Å². The third-order valence-electron chi connectivity index (χ3n) is 3.18. The molecule has 122 valence electrons. The number of halogens is 2. The first-order chi connectivity index (χ1) is 10.9. The van der Waals surface area contributed by atoms with Gasteiger partial charge in [-0.1, -0.05) is 29.3 Å². The Balaban J connectivity index is 1.93. The maximum absolute atomic E-state index is 12.0. The second-order valence-corrected chi connectivity index (χ2v) is 6.60. The second-order valence-electron chi connectivity index (χ2n) is 4.84. The van der Waals surface area contributed by atoms with Gasteiger partial charge in [0, 0.05) is 16.1 Å². The molecule has 2 rings (SSSR count). The zero-order valence-corrected chi connectivity index (χ0v) is 14.6. The summed E-state index contributed by atoms with van der Waals surface area (Å²) in [6.07, 6.45) is 0. The van der Waals surface area contributed by atoms with Crippen LogP contribution in [0.1, 0.15) is 28.9 Å². The molecule has 1 aromatic carbocycles. The van der Waals surface area contributed by atoms with E-state index in [0.29, 0.717) is 20.6 Å². The first-order valence-corrected chi connectivity index (χ1v) is 8.37. The standard InChI is InChI=1S/C15H15Cl2N3O2S/c1-8(10-3-2-9(16)6-12(10)17)19-7-13(21)20-15-11(14(18)22)4-5-23-15/h2-6,8,19H,7H2,1H3,(H2,18,22)(H,20,21)/t8-/m1/s1. The molecule has 4 N–H and O–H groups in total. The number of thiophene rings is 1. The molecule has 23 heavy (non-hydrogen) atoms. The molecule has 8 heteroatoms. The minimum absolute atomic E-state index is 0.0657. The van der Waals surface area contributed by atoms with E-state index in [2.05, 4.69) is 10.6 Å². The van der Waals surface area contributed by atoms with Crippen molar-refractivity contribution in [3.63, 3.8) is 0 Å². The fourth-order valence-corrected chi connectivity index (χ4v) is 3.36. The number of carbonyl (C=O) groups excluding carboxylic acids is 2. The fourth-order valence-electron chi connectivity index (χ4n) is 1.98. The van der Waals surface area contributed by atoms with E-state index in [9.17, 15) is 9.59 Å². The highest BCUT2D eigenvalue weighted by atomic mass is 35.5. The lowest BCUT2D eigenvalue weighted by Crippen LogP contribution is -2.30. The van der Waals surface area contributed by atoms with Crippen molar-refractivity contribution in [1.29, 1.82) is 0 Å². The zero-order chi connectivity index (χ0) is 17.0. The lowest BCUT2D eigenvalue weighted by molar-refractivity contribution is -0.115. The molecule has 0 fully saturated rings. The highest BCUT2D eigenvalue weighted by Gasteiger charge is 2.14. The smallest absolute Gasteiger partial charge is 0.251 e. The lowest BCUT2D eigenvalue weighted by Gasteiger charge is -2.15. The number of carbonyl (C=O) groups is 2. The van der Waals surface area contributed by atoms with Gasteiger partial charge in [-0.05, 0) is 36.1 Å². The molecule has 0 unspecified atom stereocenters. The third-order valence-corrected chi connectivity index (χ3v) is 4.57. The molecule has 0 saturated heterocycles. The van der Waals surface area contributed by atoms with Crippen LogP contribution in [0.15, 0.2) is 29.6 Å². The average molecular weight is 372 g/mol. The molecule has 0 radical (unpaired) electrons. The van der Waals surface area contributed by atoms with Crippen molar-refractivity contribution < 1.29 is 9.59 Å². The van der Waals surface area contributed by atoms with Crippen molar-refractivity contribution in [2.45, 2.75) is 13.0 Å². The molecule has 2 amide bonds. The van der Waals surface area contributed by atoms with E-state index in [-0.39, 0.29) is 18.5 Å². The van der Waals surface area contributed by atoms with Crippen LogP contribution in [0.2, 0.25) is 10.0 Å². The Bertz CT molecular complexity index is 733. The quantitative estimate of drug-likeness (QED) is 0.726. The first kappa shape index (κ1) is 17.7. The van der Waals surface area contributed by atoms with Gasteiger partial charge in [-0.25, -0.2) is 0 Å². The molecule has 1 heterocycles. The largest absolute Gasteiger partial charge is 0.366 e. The van der Waals surface area contributed by atoms with E-state index in [0.717, 1.165) is 5.56 Å². The van der Waals surface area contributed by atoms with Gasteiger partial charge in [-0.2, -0.15) is 0 Å². The van der Waals surface area contributed by atoms with E-state index in [1.807, 2.05) is 13.0 Å². The predicted molar refractivity (Wildman–Crippen MR) is 94.3 cm³/mol. The highest BCUT2D eigenvalue weighted by Crippen LogP contribution is 2.26. The molecule has 0 saturated carbocycles. The number of anilines is 1. The van der Waals surface area contributed by atoms with Crippen LogP contribution in [0, 0.1) is 0 Å². The number of amides is 2. The van der Waals surface area contributed by atoms with Crippen LogP contribution in [-0.4, -0.2) is 18.4 Å². The fraction of sp³-hybridized carbons (Fsp3) is 0.200. The van der Waals surface area contributed by atoms with Gasteiger partial charge in [0.25, 0.3) is 5.91 Å². The molecule has 0 aliphatic heterocycles. The van der Waals surface area contributed by atoms with Crippen molar-refractivity contribution >= 4 is 51.4 Å². The number of hydrogen-bond donors (Lipinski definition) is 3. The van der Waals surface area contributed by atoms with Crippen molar-refractivity contribution in [2.24, 2.45) is 5.73 Å². The molecule has 1 aromatic heterocycles. The van der Waals surface area contributed by atoms with E-state index < -0.39 is 5.91 Å². The maximum Gasteiger partial charge on any atom is 0.251 e. The van der Waals surface area contributed by atoms with Crippen LogP contribution in [0.5, 0.6) is 0 Å². The summed E-state index contributed by atoms with van der Waals surface area (Å²) in [5.41, 5.74) is 6.39. The van der Waals surface area contributed by atoms with E-state index in [1.165, 1.54) is 11.3 Å². The Morgan fingerprint density at radius 2 is 2.04 bits per heavy atom. The number of benzene rings is 1. The number of nitrogens with two attached hydrogens (primary N) is 1. The Hall–Kier alpha value is -1.60. The Morgan fingerprint density at radius 3 is 2.70 bits per heavy atom. The van der Waals surface area contributed by atoms with Crippen LogP contribution >= 0.6 is 34.5 Å². The summed E-state index contributed by atoms with van der Waals surface area (Å²) < 4.78 is 0. The topological polar surface area (TPSA) is 84.2 Å². The van der Waals surface area contributed by atoms with Gasteiger partial charge >= 0.3 is 0 Å². The Kier molecular flexibility index (Phi) is 6.01. The Labute approximate surface area is 147 Å². The van der Waals surface area contributed by atoms with E-state index in [1.54, 1.807) is 23.6 Å². The summed E-state index contributed by atoms with van der Waals surface area (Å²) in [6.45, 7) is 1.96. The van der Waals surface area contributed by atoms with Crippen LogP contribution in [0.3, 0.4) is 0 Å². The van der Waals surface area contributed by atoms with Gasteiger partial charge < -0.3 is 16.4 Å². The lowest BCUT2D eigenvalue weighted by atomic mass is 10.1. The number of hydrogen-bond acceptors (Lipinski definition) is 4. The minimum atomic E-state index is -0.573. The summed E-state index contributed by atoms with van der Waals surface area (Å²) in [4.78, 5) is 23.2. The molecule has 1 atom stereocenters. The molecule has 0 spiro atoms. The van der Waals surface area contributed by atoms with E-state index >= 15 is 0 Å². The molecular weight excluding hydrogens is 357 g/mol. The highest BCUT2D eigenvalue weighted by molar-refractivity contribution is 7.14. The van der Waals surface area contributed by atoms with Gasteiger partial charge in [0.2, 0.25) is 5.91 Å². The van der Waals surface area contributed by atoms with Crippen LogP contribution in [0.25, 0.3) is 0 Å². The zero-order valence-electron chi connectivity index (χ0n) is 12.2. The minimum Gasteiger partial charge on any atom is -0.366 e. The predicted octanol–water partition coefficient (Wildman–Crippen LogP) is 3.44. The van der Waals surface area contributed by atoms with Gasteiger partial charge in [-0.3, -0.25) is 9.59 Å². The molecule has 5 nitrogen and oxygen atoms in total. The molecule has 0 bridgehead atoms. The van der Waals surface area contributed by atoms with Gasteiger partial charge in [0.15, 0.2) is 0 Å². The maximum atomic E-state index is 12.0. The van der Waals surface area contributed by atoms with Crippen LogP contribution in [0.4, 0.5) is 5.00 Å². The monoisotopic (exact) mass is 371 g/mol. The summed E-state index contributed by atoms with van der Waals surface area (Å²) in [5, 5.41) is 8.96. The van der Waals surface area contributed by atoms with Crippen LogP contribution < -0.4 is 16.4 Å². The van der Waals surface area contributed by atoms with Gasteiger partial charge in [0.1, 0.15) is 5.00 Å². The van der Waals surface area contributed by atoms with Crippen molar-refractivity contribution in [2.75, 3.05) is 11.9 Å². The van der Waals surface area contributed by atoms with Gasteiger partial charge in [0.05, 0.1) is 12.1 Å². The number of primary amides is 1. The third kappa shape index (κ3) is 4.68. The normalized spacial score (nSPS) is 12.0. The van der Waals surface area contributed by atoms with Crippen LogP contribution in [-0.2, 0) is 4.79 Å². The Morgan fingerprint density at radius 1 is 1.30 bits per heavy atom. The SMILES string of the molecule is C[C@@H](NCC(=O)Nc1sccc1C(N)=O)c1ccc(Cl)cc1Cl. The van der Waals surface area contributed by atoms with Crippen molar-refractivity contribution in [3.05, 3.63) is 50.8 Å². The summed E-state index contributed by atoms with van der Waals surface area (Å²) in [5.74, 6) is -0.845. The average Bonchev–Trinajstić information content (AvgIpc) is 2.93. The number of rotatable bonds is 6. The molecular formula is C15H15Cl2N3O2S. The van der Waals surface area contributed by atoms with E-state index in [4.69, 9.17) is 28.9 Å².